The highest BCUT2D eigenvalue weighted by molar-refractivity contribution is 7.88. The second kappa shape index (κ2) is 7.16. The van der Waals surface area contributed by atoms with E-state index in [1.54, 1.807) is 12.1 Å². The molecule has 0 spiro atoms. The van der Waals surface area contributed by atoms with Crippen LogP contribution in [-0.4, -0.2) is 18.6 Å². The van der Waals surface area contributed by atoms with Gasteiger partial charge in [-0.15, -0.1) is 0 Å². The molecule has 7 heteroatoms. The molecule has 0 saturated heterocycles. The van der Waals surface area contributed by atoms with E-state index < -0.39 is 10.0 Å². The van der Waals surface area contributed by atoms with Gasteiger partial charge >= 0.3 is 0 Å². The molecule has 0 bridgehead atoms. The Morgan fingerprint density at radius 3 is 2.20 bits per heavy atom. The van der Waals surface area contributed by atoms with Crippen molar-refractivity contribution in [3.8, 4) is 11.4 Å². The first-order chi connectivity index (χ1) is 11.9. The highest BCUT2D eigenvalue weighted by atomic mass is 32.2. The molecule has 25 heavy (non-hydrogen) atoms. The molecule has 0 saturated carbocycles. The predicted molar refractivity (Wildman–Crippen MR) is 95.1 cm³/mol. The zero-order valence-electron chi connectivity index (χ0n) is 14.1. The summed E-state index contributed by atoms with van der Waals surface area (Å²) in [5.41, 5.74) is 3.77. The van der Waals surface area contributed by atoms with Crippen LogP contribution in [0.5, 0.6) is 0 Å². The highest BCUT2D eigenvalue weighted by Crippen LogP contribution is 2.16. The Labute approximate surface area is 147 Å². The maximum atomic E-state index is 12.2. The molecule has 3 aromatic rings. The lowest BCUT2D eigenvalue weighted by molar-refractivity contribution is 0.376. The third kappa shape index (κ3) is 4.74. The first kappa shape index (κ1) is 17.3. The van der Waals surface area contributed by atoms with E-state index in [4.69, 9.17) is 4.52 Å². The second-order valence-electron chi connectivity index (χ2n) is 5.94. The standard InChI is InChI=1S/C18H19N3O3S/c1-13-3-7-15(8-4-13)12-25(22,23)19-11-17-20-18(21-24-17)16-9-5-14(2)6-10-16/h3-10,19H,11-12H2,1-2H3. The quantitative estimate of drug-likeness (QED) is 0.733. The van der Waals surface area contributed by atoms with Gasteiger partial charge in [0.1, 0.15) is 0 Å². The van der Waals surface area contributed by atoms with Crippen molar-refractivity contribution in [2.24, 2.45) is 0 Å². The second-order valence-corrected chi connectivity index (χ2v) is 7.75. The zero-order chi connectivity index (χ0) is 17.9. The van der Waals surface area contributed by atoms with E-state index >= 15 is 0 Å². The fourth-order valence-electron chi connectivity index (χ4n) is 2.27. The number of sulfonamides is 1. The van der Waals surface area contributed by atoms with E-state index in [9.17, 15) is 8.42 Å². The molecular weight excluding hydrogens is 338 g/mol. The summed E-state index contributed by atoms with van der Waals surface area (Å²) in [5.74, 6) is 0.572. The van der Waals surface area contributed by atoms with Gasteiger partial charge in [0.2, 0.25) is 21.7 Å². The Morgan fingerprint density at radius 2 is 1.56 bits per heavy atom. The van der Waals surface area contributed by atoms with Crippen molar-refractivity contribution in [1.82, 2.24) is 14.9 Å². The molecule has 6 nitrogen and oxygen atoms in total. The van der Waals surface area contributed by atoms with Crippen LogP contribution in [-0.2, 0) is 22.3 Å². The SMILES string of the molecule is Cc1ccc(CS(=O)(=O)NCc2nc(-c3ccc(C)cc3)no2)cc1. The summed E-state index contributed by atoms with van der Waals surface area (Å²) < 4.78 is 32.0. The van der Waals surface area contributed by atoms with Crippen molar-refractivity contribution < 1.29 is 12.9 Å². The molecule has 0 fully saturated rings. The minimum absolute atomic E-state index is 0.0347. The van der Waals surface area contributed by atoms with Crippen molar-refractivity contribution in [2.75, 3.05) is 0 Å². The molecule has 0 amide bonds. The van der Waals surface area contributed by atoms with Gasteiger partial charge in [-0.05, 0) is 19.4 Å². The summed E-state index contributed by atoms with van der Waals surface area (Å²) in [7, 11) is -3.48. The Kier molecular flexibility index (Phi) is 4.96. The number of aromatic nitrogens is 2. The summed E-state index contributed by atoms with van der Waals surface area (Å²) in [6.45, 7) is 3.92. The van der Waals surface area contributed by atoms with Gasteiger partial charge in [-0.25, -0.2) is 13.1 Å². The van der Waals surface area contributed by atoms with E-state index in [-0.39, 0.29) is 18.2 Å². The molecule has 3 rings (SSSR count). The van der Waals surface area contributed by atoms with E-state index in [1.807, 2.05) is 50.2 Å². The average Bonchev–Trinajstić information content (AvgIpc) is 3.05. The van der Waals surface area contributed by atoms with Crippen LogP contribution in [0.15, 0.2) is 53.1 Å². The van der Waals surface area contributed by atoms with Crippen LogP contribution in [0.3, 0.4) is 0 Å². The van der Waals surface area contributed by atoms with Gasteiger partial charge in [0, 0.05) is 5.56 Å². The molecule has 0 atom stereocenters. The smallest absolute Gasteiger partial charge is 0.242 e. The first-order valence-corrected chi connectivity index (χ1v) is 9.49. The highest BCUT2D eigenvalue weighted by Gasteiger charge is 2.14. The van der Waals surface area contributed by atoms with E-state index in [0.29, 0.717) is 5.82 Å². The van der Waals surface area contributed by atoms with Crippen LogP contribution in [0.25, 0.3) is 11.4 Å². The third-order valence-electron chi connectivity index (χ3n) is 3.70. The van der Waals surface area contributed by atoms with Gasteiger partial charge in [-0.3, -0.25) is 0 Å². The lowest BCUT2D eigenvalue weighted by atomic mass is 10.1. The molecular formula is C18H19N3O3S. The topological polar surface area (TPSA) is 85.1 Å². The average molecular weight is 357 g/mol. The minimum Gasteiger partial charge on any atom is -0.338 e. The van der Waals surface area contributed by atoms with Crippen molar-refractivity contribution >= 4 is 10.0 Å². The number of aryl methyl sites for hydroxylation is 2. The molecule has 0 unspecified atom stereocenters. The van der Waals surface area contributed by atoms with Gasteiger partial charge in [0.25, 0.3) is 0 Å². The molecule has 2 aromatic carbocycles. The molecule has 1 heterocycles. The zero-order valence-corrected chi connectivity index (χ0v) is 14.9. The molecule has 1 N–H and O–H groups in total. The number of nitrogens with zero attached hydrogens (tertiary/aromatic N) is 2. The molecule has 1 aromatic heterocycles. The van der Waals surface area contributed by atoms with Gasteiger partial charge in [0.15, 0.2) is 0 Å². The van der Waals surface area contributed by atoms with Crippen LogP contribution in [0, 0.1) is 13.8 Å². The molecule has 0 aliphatic carbocycles. The Bertz CT molecular complexity index is 946. The maximum absolute atomic E-state index is 12.2. The lowest BCUT2D eigenvalue weighted by Crippen LogP contribution is -2.24. The van der Waals surface area contributed by atoms with Crippen LogP contribution in [0.1, 0.15) is 22.6 Å². The van der Waals surface area contributed by atoms with Crippen molar-refractivity contribution in [3.63, 3.8) is 0 Å². The summed E-state index contributed by atoms with van der Waals surface area (Å²) in [6.07, 6.45) is 0. The fourth-order valence-corrected chi connectivity index (χ4v) is 3.35. The van der Waals surface area contributed by atoms with Crippen LogP contribution >= 0.6 is 0 Å². The van der Waals surface area contributed by atoms with Crippen LogP contribution < -0.4 is 4.72 Å². The van der Waals surface area contributed by atoms with Gasteiger partial charge < -0.3 is 4.52 Å². The van der Waals surface area contributed by atoms with Gasteiger partial charge in [-0.2, -0.15) is 4.98 Å². The van der Waals surface area contributed by atoms with Crippen molar-refractivity contribution in [1.29, 1.82) is 0 Å². The van der Waals surface area contributed by atoms with E-state index in [2.05, 4.69) is 14.9 Å². The largest absolute Gasteiger partial charge is 0.338 e. The van der Waals surface area contributed by atoms with Crippen LogP contribution in [0.4, 0.5) is 0 Å². The van der Waals surface area contributed by atoms with E-state index in [1.165, 1.54) is 0 Å². The normalized spacial score (nSPS) is 11.6. The lowest BCUT2D eigenvalue weighted by Gasteiger charge is -2.05. The van der Waals surface area contributed by atoms with Gasteiger partial charge in [0.05, 0.1) is 12.3 Å². The van der Waals surface area contributed by atoms with Crippen molar-refractivity contribution in [3.05, 3.63) is 71.1 Å². The number of rotatable bonds is 6. The minimum atomic E-state index is -3.48. The monoisotopic (exact) mass is 357 g/mol. The summed E-state index contributed by atoms with van der Waals surface area (Å²) in [5, 5.41) is 3.89. The van der Waals surface area contributed by atoms with E-state index in [0.717, 1.165) is 22.3 Å². The number of hydrogen-bond acceptors (Lipinski definition) is 5. The Morgan fingerprint density at radius 1 is 0.960 bits per heavy atom. The summed E-state index contributed by atoms with van der Waals surface area (Å²) in [6, 6.07) is 15.1. The van der Waals surface area contributed by atoms with Crippen LogP contribution in [0.2, 0.25) is 0 Å². The number of nitrogens with one attached hydrogen (secondary N) is 1. The number of benzene rings is 2. The molecule has 130 valence electrons. The molecule has 0 aliphatic rings. The first-order valence-electron chi connectivity index (χ1n) is 7.84. The molecule has 0 radical (unpaired) electrons. The summed E-state index contributed by atoms with van der Waals surface area (Å²) >= 11 is 0. The van der Waals surface area contributed by atoms with Crippen molar-refractivity contribution in [2.45, 2.75) is 26.1 Å². The fraction of sp³-hybridized carbons (Fsp3) is 0.222. The Hall–Kier alpha value is -2.51. The predicted octanol–water partition coefficient (Wildman–Crippen LogP) is 2.97. The maximum Gasteiger partial charge on any atom is 0.242 e. The Balaban J connectivity index is 1.63. The summed E-state index contributed by atoms with van der Waals surface area (Å²) in [4.78, 5) is 4.23. The van der Waals surface area contributed by atoms with Gasteiger partial charge in [-0.1, -0.05) is 64.8 Å². The molecule has 0 aliphatic heterocycles. The number of hydrogen-bond donors (Lipinski definition) is 1. The third-order valence-corrected chi connectivity index (χ3v) is 5.00.